The quantitative estimate of drug-likeness (QED) is 0.611. The van der Waals surface area contributed by atoms with E-state index in [0.717, 1.165) is 6.07 Å². The average Bonchev–Trinajstić information content (AvgIpc) is 2.48. The van der Waals surface area contributed by atoms with Crippen LogP contribution in [0.1, 0.15) is 10.4 Å². The van der Waals surface area contributed by atoms with Gasteiger partial charge in [-0.3, -0.25) is 19.8 Å². The van der Waals surface area contributed by atoms with Crippen molar-refractivity contribution < 1.29 is 18.1 Å². The number of carbonyl (C=O) groups is 1. The summed E-state index contributed by atoms with van der Waals surface area (Å²) in [6.07, 6.45) is 0. The van der Waals surface area contributed by atoms with Crippen LogP contribution in [0.15, 0.2) is 18.2 Å². The van der Waals surface area contributed by atoms with Gasteiger partial charge in [0, 0.05) is 38.3 Å². The van der Waals surface area contributed by atoms with E-state index < -0.39 is 20.7 Å². The lowest BCUT2D eigenvalue weighted by molar-refractivity contribution is -0.384. The van der Waals surface area contributed by atoms with Gasteiger partial charge in [0.2, 0.25) is 0 Å². The van der Waals surface area contributed by atoms with Crippen LogP contribution in [0.25, 0.3) is 0 Å². The van der Waals surface area contributed by atoms with Crippen LogP contribution in [-0.2, 0) is 9.84 Å². The molecule has 23 heavy (non-hydrogen) atoms. The molecule has 1 heterocycles. The number of halogens is 1. The molecule has 1 amide bonds. The highest BCUT2D eigenvalue weighted by Gasteiger charge is 2.21. The summed E-state index contributed by atoms with van der Waals surface area (Å²) in [7, 11) is -2.92. The second-order valence-electron chi connectivity index (χ2n) is 5.17. The van der Waals surface area contributed by atoms with E-state index in [1.165, 1.54) is 12.1 Å². The largest absolute Gasteiger partial charge is 0.351 e. The van der Waals surface area contributed by atoms with Gasteiger partial charge in [-0.1, -0.05) is 11.6 Å². The molecule has 0 spiro atoms. The van der Waals surface area contributed by atoms with Crippen molar-refractivity contribution in [3.8, 4) is 0 Å². The fourth-order valence-electron chi connectivity index (χ4n) is 2.20. The minimum atomic E-state index is -2.92. The number of nitro groups is 1. The number of sulfone groups is 1. The molecule has 0 atom stereocenters. The zero-order chi connectivity index (χ0) is 17.0. The van der Waals surface area contributed by atoms with Crippen LogP contribution in [0, 0.1) is 10.1 Å². The molecule has 1 aliphatic heterocycles. The average molecular weight is 362 g/mol. The normalized spacial score (nSPS) is 17.6. The number of benzene rings is 1. The minimum Gasteiger partial charge on any atom is -0.351 e. The van der Waals surface area contributed by atoms with E-state index in [9.17, 15) is 23.3 Å². The fourth-order valence-corrected chi connectivity index (χ4v) is 3.74. The number of nitrogens with zero attached hydrogens (tertiary/aromatic N) is 2. The molecule has 2 rings (SSSR count). The van der Waals surface area contributed by atoms with Gasteiger partial charge in [0.25, 0.3) is 11.6 Å². The molecule has 0 saturated carbocycles. The molecule has 1 N–H and O–H groups in total. The molecule has 10 heteroatoms. The molecule has 8 nitrogen and oxygen atoms in total. The smallest absolute Gasteiger partial charge is 0.270 e. The van der Waals surface area contributed by atoms with Gasteiger partial charge in [-0.2, -0.15) is 0 Å². The van der Waals surface area contributed by atoms with Gasteiger partial charge in [0.05, 0.1) is 27.0 Å². The Bertz CT molecular complexity index is 708. The maximum atomic E-state index is 12.0. The highest BCUT2D eigenvalue weighted by molar-refractivity contribution is 7.91. The Morgan fingerprint density at radius 1 is 1.35 bits per heavy atom. The second-order valence-corrected chi connectivity index (χ2v) is 7.88. The minimum absolute atomic E-state index is 0.0146. The van der Waals surface area contributed by atoms with E-state index in [0.29, 0.717) is 26.2 Å². The third-order valence-corrected chi connectivity index (χ3v) is 5.48. The third-order valence-electron chi connectivity index (χ3n) is 3.56. The van der Waals surface area contributed by atoms with Crippen LogP contribution in [-0.4, -0.2) is 61.8 Å². The van der Waals surface area contributed by atoms with Gasteiger partial charge in [-0.15, -0.1) is 0 Å². The Morgan fingerprint density at radius 2 is 2.00 bits per heavy atom. The van der Waals surface area contributed by atoms with Crippen molar-refractivity contribution in [1.82, 2.24) is 10.2 Å². The molecule has 0 bridgehead atoms. The van der Waals surface area contributed by atoms with Crippen molar-refractivity contribution in [2.75, 3.05) is 37.7 Å². The Kier molecular flexibility index (Phi) is 5.55. The molecular weight excluding hydrogens is 346 g/mol. The molecule has 1 aromatic carbocycles. The highest BCUT2D eigenvalue weighted by Crippen LogP contribution is 2.22. The predicted molar refractivity (Wildman–Crippen MR) is 85.5 cm³/mol. The molecule has 126 valence electrons. The van der Waals surface area contributed by atoms with Gasteiger partial charge in [0.1, 0.15) is 0 Å². The van der Waals surface area contributed by atoms with Crippen LogP contribution in [0.5, 0.6) is 0 Å². The summed E-state index contributed by atoms with van der Waals surface area (Å²) in [4.78, 5) is 24.0. The number of non-ortho nitro benzene ring substituents is 1. The Hall–Kier alpha value is -1.71. The first-order chi connectivity index (χ1) is 10.8. The summed E-state index contributed by atoms with van der Waals surface area (Å²) in [5.41, 5.74) is -0.0143. The van der Waals surface area contributed by atoms with Gasteiger partial charge in [0.15, 0.2) is 9.84 Å². The first-order valence-electron chi connectivity index (χ1n) is 6.93. The van der Waals surface area contributed by atoms with E-state index in [1.807, 2.05) is 4.90 Å². The van der Waals surface area contributed by atoms with Gasteiger partial charge in [-0.25, -0.2) is 8.42 Å². The number of hydrogen-bond donors (Lipinski definition) is 1. The molecular formula is C13H16ClN3O5S. The van der Waals surface area contributed by atoms with Crippen molar-refractivity contribution in [3.05, 3.63) is 38.9 Å². The first kappa shape index (κ1) is 17.6. The van der Waals surface area contributed by atoms with Gasteiger partial charge in [-0.05, 0) is 6.07 Å². The molecule has 0 unspecified atom stereocenters. The summed E-state index contributed by atoms with van der Waals surface area (Å²) < 4.78 is 22.6. The summed E-state index contributed by atoms with van der Waals surface area (Å²) in [6, 6.07) is 3.66. The van der Waals surface area contributed by atoms with E-state index >= 15 is 0 Å². The van der Waals surface area contributed by atoms with E-state index in [4.69, 9.17) is 11.6 Å². The van der Waals surface area contributed by atoms with Gasteiger partial charge < -0.3 is 5.32 Å². The summed E-state index contributed by atoms with van der Waals surface area (Å²) in [5.74, 6) is -0.154. The number of rotatable bonds is 5. The van der Waals surface area contributed by atoms with E-state index in [2.05, 4.69) is 5.32 Å². The maximum absolute atomic E-state index is 12.0. The number of amides is 1. The Morgan fingerprint density at radius 3 is 2.57 bits per heavy atom. The van der Waals surface area contributed by atoms with Crippen molar-refractivity contribution >= 4 is 33.0 Å². The lowest BCUT2D eigenvalue weighted by atomic mass is 10.2. The first-order valence-corrected chi connectivity index (χ1v) is 9.13. The molecule has 1 aromatic rings. The highest BCUT2D eigenvalue weighted by atomic mass is 35.5. The number of nitro benzene ring substituents is 1. The van der Waals surface area contributed by atoms with E-state index in [-0.39, 0.29) is 27.8 Å². The molecule has 0 aliphatic carbocycles. The third kappa shape index (κ3) is 4.88. The summed E-state index contributed by atoms with van der Waals surface area (Å²) >= 11 is 5.88. The van der Waals surface area contributed by atoms with E-state index in [1.54, 1.807) is 0 Å². The zero-order valence-corrected chi connectivity index (χ0v) is 13.8. The number of carbonyl (C=O) groups excluding carboxylic acids is 1. The van der Waals surface area contributed by atoms with Crippen LogP contribution >= 0.6 is 11.6 Å². The SMILES string of the molecule is O=C(NCCN1CCS(=O)(=O)CC1)c1ccc([N+](=O)[O-])cc1Cl. The molecule has 1 aliphatic rings. The number of hydrogen-bond acceptors (Lipinski definition) is 6. The molecule has 1 saturated heterocycles. The van der Waals surface area contributed by atoms with Crippen molar-refractivity contribution in [3.63, 3.8) is 0 Å². The van der Waals surface area contributed by atoms with Gasteiger partial charge >= 0.3 is 0 Å². The zero-order valence-electron chi connectivity index (χ0n) is 12.2. The maximum Gasteiger partial charge on any atom is 0.270 e. The fraction of sp³-hybridized carbons (Fsp3) is 0.462. The Balaban J connectivity index is 1.85. The Labute approximate surface area is 138 Å². The van der Waals surface area contributed by atoms with Crippen LogP contribution in [0.4, 0.5) is 5.69 Å². The topological polar surface area (TPSA) is 110 Å². The van der Waals surface area contributed by atoms with Crippen LogP contribution in [0.3, 0.4) is 0 Å². The van der Waals surface area contributed by atoms with Crippen molar-refractivity contribution in [2.45, 2.75) is 0 Å². The number of nitrogens with one attached hydrogen (secondary N) is 1. The second kappa shape index (κ2) is 7.24. The van der Waals surface area contributed by atoms with Crippen molar-refractivity contribution in [1.29, 1.82) is 0 Å². The molecule has 1 fully saturated rings. The lowest BCUT2D eigenvalue weighted by Crippen LogP contribution is -2.43. The van der Waals surface area contributed by atoms with Crippen LogP contribution in [0.2, 0.25) is 5.02 Å². The van der Waals surface area contributed by atoms with Crippen molar-refractivity contribution in [2.24, 2.45) is 0 Å². The standard InChI is InChI=1S/C13H16ClN3O5S/c14-12-9-10(17(19)20)1-2-11(12)13(18)15-3-4-16-5-7-23(21,22)8-6-16/h1-2,9H,3-8H2,(H,15,18). The molecule has 0 radical (unpaired) electrons. The summed E-state index contributed by atoms with van der Waals surface area (Å²) in [5, 5.41) is 13.3. The predicted octanol–water partition coefficient (Wildman–Crippen LogP) is 0.708. The van der Waals surface area contributed by atoms with Crippen LogP contribution < -0.4 is 5.32 Å². The lowest BCUT2D eigenvalue weighted by Gasteiger charge is -2.26. The molecule has 0 aromatic heterocycles. The monoisotopic (exact) mass is 361 g/mol. The summed E-state index contributed by atoms with van der Waals surface area (Å²) in [6.45, 7) is 1.78.